The van der Waals surface area contributed by atoms with Crippen LogP contribution in [-0.4, -0.2) is 24.3 Å². The van der Waals surface area contributed by atoms with Crippen LogP contribution in [0.2, 0.25) is 0 Å². The van der Waals surface area contributed by atoms with E-state index in [2.05, 4.69) is 26.6 Å². The summed E-state index contributed by atoms with van der Waals surface area (Å²) in [5.74, 6) is -0.407. The molecule has 0 atom stereocenters. The van der Waals surface area contributed by atoms with Gasteiger partial charge in [0.1, 0.15) is 0 Å². The van der Waals surface area contributed by atoms with Gasteiger partial charge in [0.15, 0.2) is 0 Å². The van der Waals surface area contributed by atoms with Crippen LogP contribution in [0.25, 0.3) is 22.3 Å². The van der Waals surface area contributed by atoms with Gasteiger partial charge in [0, 0.05) is 11.3 Å². The summed E-state index contributed by atoms with van der Waals surface area (Å²) in [4.78, 5) is 20.5. The first kappa shape index (κ1) is 18.3. The molecule has 0 radical (unpaired) electrons. The fourth-order valence-corrected chi connectivity index (χ4v) is 3.50. The van der Waals surface area contributed by atoms with Gasteiger partial charge in [-0.2, -0.15) is 8.42 Å². The van der Waals surface area contributed by atoms with E-state index >= 15 is 0 Å². The van der Waals surface area contributed by atoms with E-state index in [-0.39, 0.29) is 0 Å². The quantitative estimate of drug-likeness (QED) is 0.331. The first-order chi connectivity index (χ1) is 12.3. The lowest BCUT2D eigenvalue weighted by molar-refractivity contribution is -0.111. The molecule has 0 aliphatic heterocycles. The number of anilines is 2. The minimum Gasteiger partial charge on any atom is -0.322 e. The van der Waals surface area contributed by atoms with E-state index in [1.807, 2.05) is 24.3 Å². The number of hydrogen-bond donors (Lipinski definition) is 2. The second-order valence-corrected chi connectivity index (χ2v) is 9.83. The summed E-state index contributed by atoms with van der Waals surface area (Å²) in [6, 6.07) is 12.2. The Kier molecular flexibility index (Phi) is 5.18. The van der Waals surface area contributed by atoms with E-state index in [9.17, 15) is 13.2 Å². The average molecular weight is 480 g/mol. The second kappa shape index (κ2) is 7.38. The number of amides is 1. The van der Waals surface area contributed by atoms with Gasteiger partial charge in [-0.1, -0.05) is 18.7 Å². The van der Waals surface area contributed by atoms with Gasteiger partial charge in [0.25, 0.3) is 7.19 Å². The summed E-state index contributed by atoms with van der Waals surface area (Å²) >= 11 is 1.29. The number of para-hydroxylation sites is 2. The zero-order valence-electron chi connectivity index (χ0n) is 13.3. The van der Waals surface area contributed by atoms with Crippen molar-refractivity contribution in [2.24, 2.45) is 0 Å². The van der Waals surface area contributed by atoms with E-state index in [0.29, 0.717) is 28.1 Å². The summed E-state index contributed by atoms with van der Waals surface area (Å²) in [5, 5.41) is 2.62. The molecule has 3 aromatic rings. The first-order valence-electron chi connectivity index (χ1n) is 7.37. The molecule has 3 rings (SSSR count). The molecule has 0 saturated carbocycles. The smallest absolute Gasteiger partial charge is 0.286 e. The highest BCUT2D eigenvalue weighted by atomic mass is 127. The normalized spacial score (nSPS) is 11.1. The molecule has 9 heteroatoms. The van der Waals surface area contributed by atoms with Crippen molar-refractivity contribution in [2.45, 2.75) is 0 Å². The lowest BCUT2D eigenvalue weighted by Gasteiger charge is -2.11. The summed E-state index contributed by atoms with van der Waals surface area (Å²) in [7, 11) is -3.51. The van der Waals surface area contributed by atoms with Crippen LogP contribution in [-0.2, 0) is 12.0 Å². The second-order valence-electron chi connectivity index (χ2n) is 5.28. The number of carbonyl (C=O) groups excluding carboxylic acids is 1. The Bertz CT molecular complexity index is 1120. The highest BCUT2D eigenvalue weighted by Gasteiger charge is 2.11. The minimum absolute atomic E-state index is 0.297. The van der Waals surface area contributed by atoms with Crippen molar-refractivity contribution < 1.29 is 13.2 Å². The van der Waals surface area contributed by atoms with Crippen molar-refractivity contribution in [3.63, 3.8) is 0 Å². The maximum Gasteiger partial charge on any atom is 0.286 e. The summed E-state index contributed by atoms with van der Waals surface area (Å²) in [6.07, 6.45) is 2.73. The Morgan fingerprint density at radius 3 is 2.50 bits per heavy atom. The number of nitrogens with one attached hydrogen (secondary N) is 2. The number of aromatic nitrogens is 2. The third-order valence-corrected chi connectivity index (χ3v) is 4.51. The topological polar surface area (TPSA) is 101 Å². The van der Waals surface area contributed by atoms with Crippen LogP contribution in [0.5, 0.6) is 0 Å². The van der Waals surface area contributed by atoms with Crippen molar-refractivity contribution in [1.29, 1.82) is 0 Å². The van der Waals surface area contributed by atoms with Gasteiger partial charge in [-0.15, -0.1) is 0 Å². The molecule has 2 aromatic carbocycles. The van der Waals surface area contributed by atoms with Gasteiger partial charge in [0.05, 0.1) is 49.8 Å². The molecule has 0 unspecified atom stereocenters. The lowest BCUT2D eigenvalue weighted by atomic mass is 10.1. The Labute approximate surface area is 162 Å². The fraction of sp³-hybridized carbons (Fsp3) is 0. The molecule has 1 amide bonds. The molecule has 0 aliphatic rings. The highest BCUT2D eigenvalue weighted by Crippen LogP contribution is 2.28. The zero-order valence-corrected chi connectivity index (χ0v) is 16.3. The first-order valence-corrected chi connectivity index (χ1v) is 11.4. The van der Waals surface area contributed by atoms with E-state index in [0.717, 1.165) is 11.6 Å². The van der Waals surface area contributed by atoms with Crippen molar-refractivity contribution >= 4 is 56.7 Å². The molecule has 0 fully saturated rings. The number of hydrogen-bond acceptors (Lipinski definition) is 5. The Morgan fingerprint density at radius 2 is 1.81 bits per heavy atom. The van der Waals surface area contributed by atoms with Gasteiger partial charge in [0.2, 0.25) is 5.91 Å². The average Bonchev–Trinajstić information content (AvgIpc) is 2.59. The standard InChI is InChI=1S/C17H13IN4O3S/c1-2-17(23)20-12-7-11(8-13(9-12)22-26(18,24)25)16-10-19-14-5-3-4-6-15(14)21-16/h2-10,22H,1H2,(H,20,23). The lowest BCUT2D eigenvalue weighted by Crippen LogP contribution is -2.09. The summed E-state index contributed by atoms with van der Waals surface area (Å²) in [6.45, 7) is 3.41. The summed E-state index contributed by atoms with van der Waals surface area (Å²) in [5.41, 5.74) is 3.32. The molecule has 2 N–H and O–H groups in total. The number of fused-ring (bicyclic) bond motifs is 1. The Hall–Kier alpha value is -2.53. The Balaban J connectivity index is 2.10. The van der Waals surface area contributed by atoms with Crippen LogP contribution >= 0.6 is 21.2 Å². The molecular weight excluding hydrogens is 467 g/mol. The van der Waals surface area contributed by atoms with Crippen LogP contribution in [0, 0.1) is 0 Å². The number of benzene rings is 2. The third-order valence-electron chi connectivity index (χ3n) is 3.37. The molecule has 0 spiro atoms. The van der Waals surface area contributed by atoms with Crippen molar-refractivity contribution in [2.75, 3.05) is 10.0 Å². The molecule has 0 bridgehead atoms. The zero-order chi connectivity index (χ0) is 18.7. The van der Waals surface area contributed by atoms with Crippen molar-refractivity contribution in [3.05, 3.63) is 61.3 Å². The number of halogens is 1. The minimum atomic E-state index is -3.51. The molecule has 0 aliphatic carbocycles. The molecule has 1 heterocycles. The van der Waals surface area contributed by atoms with Crippen LogP contribution in [0.1, 0.15) is 0 Å². The molecule has 0 saturated heterocycles. The third kappa shape index (κ3) is 4.55. The highest BCUT2D eigenvalue weighted by molar-refractivity contribution is 14.2. The van der Waals surface area contributed by atoms with E-state index in [4.69, 9.17) is 0 Å². The number of nitrogens with zero attached hydrogens (tertiary/aromatic N) is 2. The predicted molar refractivity (Wildman–Crippen MR) is 110 cm³/mol. The van der Waals surface area contributed by atoms with Crippen molar-refractivity contribution in [1.82, 2.24) is 9.97 Å². The van der Waals surface area contributed by atoms with Crippen LogP contribution < -0.4 is 10.0 Å². The van der Waals surface area contributed by atoms with E-state index in [1.165, 1.54) is 27.3 Å². The summed E-state index contributed by atoms with van der Waals surface area (Å²) < 4.78 is 25.5. The van der Waals surface area contributed by atoms with Gasteiger partial charge in [-0.05, 0) is 36.4 Å². The molecule has 26 heavy (non-hydrogen) atoms. The van der Waals surface area contributed by atoms with E-state index < -0.39 is 13.1 Å². The van der Waals surface area contributed by atoms with Crippen LogP contribution in [0.3, 0.4) is 0 Å². The molecule has 1 aromatic heterocycles. The van der Waals surface area contributed by atoms with Crippen LogP contribution in [0.15, 0.2) is 61.3 Å². The monoisotopic (exact) mass is 480 g/mol. The van der Waals surface area contributed by atoms with Gasteiger partial charge in [-0.25, -0.2) is 4.98 Å². The van der Waals surface area contributed by atoms with Gasteiger partial charge in [-0.3, -0.25) is 14.5 Å². The molecular formula is C17H13IN4O3S. The Morgan fingerprint density at radius 1 is 1.12 bits per heavy atom. The largest absolute Gasteiger partial charge is 0.322 e. The van der Waals surface area contributed by atoms with Gasteiger partial charge >= 0.3 is 0 Å². The maximum atomic E-state index is 11.6. The SMILES string of the molecule is C=CC(=O)Nc1cc(NS(=O)(=O)I)cc(-c2cnc3ccccc3n2)c1. The number of carbonyl (C=O) groups is 1. The van der Waals surface area contributed by atoms with Gasteiger partial charge < -0.3 is 5.32 Å². The predicted octanol–water partition coefficient (Wildman–Crippen LogP) is 3.51. The molecule has 7 nitrogen and oxygen atoms in total. The fourth-order valence-electron chi connectivity index (χ4n) is 2.34. The van der Waals surface area contributed by atoms with Crippen molar-refractivity contribution in [3.8, 4) is 11.3 Å². The number of rotatable bonds is 5. The molecule has 132 valence electrons. The van der Waals surface area contributed by atoms with E-state index in [1.54, 1.807) is 18.3 Å². The van der Waals surface area contributed by atoms with Crippen LogP contribution in [0.4, 0.5) is 11.4 Å². The maximum absolute atomic E-state index is 11.6.